The maximum Gasteiger partial charge on any atom is 0.508 e. The first kappa shape index (κ1) is 26.8. The van der Waals surface area contributed by atoms with Gasteiger partial charge in [-0.1, -0.05) is 102 Å². The van der Waals surface area contributed by atoms with Gasteiger partial charge < -0.3 is 13.9 Å². The molecule has 0 aliphatic carbocycles. The molecular weight excluding hydrogens is 432 g/mol. The third kappa shape index (κ3) is 6.12. The molecule has 2 rings (SSSR count). The molecule has 2 aromatic rings. The van der Waals surface area contributed by atoms with Crippen LogP contribution in [0.3, 0.4) is 0 Å². The predicted molar refractivity (Wildman–Crippen MR) is 134 cm³/mol. The molecule has 0 fully saturated rings. The van der Waals surface area contributed by atoms with Gasteiger partial charge in [-0.3, -0.25) is 4.79 Å². The number of ketones is 1. The summed E-state index contributed by atoms with van der Waals surface area (Å²) in [6, 6.07) is 20.8. The van der Waals surface area contributed by atoms with E-state index in [9.17, 15) is 9.59 Å². The summed E-state index contributed by atoms with van der Waals surface area (Å²) in [5, 5.41) is 2.19. The fourth-order valence-electron chi connectivity index (χ4n) is 4.49. The Hall–Kier alpha value is -2.44. The Morgan fingerprint density at radius 1 is 0.909 bits per heavy atom. The average molecular weight is 471 g/mol. The molecule has 6 heteroatoms. The Bertz CT molecular complexity index is 852. The van der Waals surface area contributed by atoms with Crippen molar-refractivity contribution in [1.82, 2.24) is 0 Å². The lowest BCUT2D eigenvalue weighted by Gasteiger charge is -2.44. The number of hydrogen-bond acceptors (Lipinski definition) is 5. The van der Waals surface area contributed by atoms with Gasteiger partial charge in [-0.15, -0.1) is 0 Å². The second-order valence-corrected chi connectivity index (χ2v) is 13.9. The lowest BCUT2D eigenvalue weighted by molar-refractivity contribution is -0.127. The van der Waals surface area contributed by atoms with Crippen molar-refractivity contribution in [2.75, 3.05) is 13.7 Å². The highest BCUT2D eigenvalue weighted by molar-refractivity contribution is 6.99. The van der Waals surface area contributed by atoms with E-state index in [1.165, 1.54) is 17.5 Å². The average Bonchev–Trinajstić information content (AvgIpc) is 2.82. The Kier molecular flexibility index (Phi) is 9.43. The summed E-state index contributed by atoms with van der Waals surface area (Å²) < 4.78 is 17.3. The molecule has 0 radical (unpaired) electrons. The Labute approximate surface area is 199 Å². The molecule has 5 nitrogen and oxygen atoms in total. The van der Waals surface area contributed by atoms with E-state index in [2.05, 4.69) is 45.0 Å². The van der Waals surface area contributed by atoms with Crippen molar-refractivity contribution in [2.24, 2.45) is 11.8 Å². The first-order valence-electron chi connectivity index (χ1n) is 11.6. The Balaban J connectivity index is 2.47. The van der Waals surface area contributed by atoms with Gasteiger partial charge >= 0.3 is 6.16 Å². The van der Waals surface area contributed by atoms with Crippen molar-refractivity contribution >= 4 is 30.6 Å². The lowest BCUT2D eigenvalue weighted by Crippen LogP contribution is -2.67. The summed E-state index contributed by atoms with van der Waals surface area (Å²) in [5.74, 6) is -0.621. The first-order chi connectivity index (χ1) is 15.6. The minimum absolute atomic E-state index is 0.0428. The van der Waals surface area contributed by atoms with Crippen LogP contribution in [0.2, 0.25) is 5.04 Å². The molecule has 180 valence electrons. The molecule has 0 bridgehead atoms. The summed E-state index contributed by atoms with van der Waals surface area (Å²) in [5.41, 5.74) is 0. The van der Waals surface area contributed by atoms with Gasteiger partial charge in [0, 0.05) is 18.9 Å². The van der Waals surface area contributed by atoms with Gasteiger partial charge in [-0.25, -0.2) is 4.79 Å². The Morgan fingerprint density at radius 2 is 1.39 bits per heavy atom. The predicted octanol–water partition coefficient (Wildman–Crippen LogP) is 4.97. The normalized spacial score (nSPS) is 14.8. The van der Waals surface area contributed by atoms with Gasteiger partial charge in [0.25, 0.3) is 8.32 Å². The summed E-state index contributed by atoms with van der Waals surface area (Å²) in [6.07, 6.45) is -1.04. The summed E-state index contributed by atoms with van der Waals surface area (Å²) in [6.45, 7) is 12.6. The van der Waals surface area contributed by atoms with Crippen LogP contribution in [0.15, 0.2) is 60.7 Å². The molecule has 0 amide bonds. The van der Waals surface area contributed by atoms with E-state index >= 15 is 0 Å². The topological polar surface area (TPSA) is 61.8 Å². The van der Waals surface area contributed by atoms with Gasteiger partial charge in [0.05, 0.1) is 13.0 Å². The molecular formula is C27H38O5Si. The van der Waals surface area contributed by atoms with Crippen LogP contribution >= 0.6 is 0 Å². The maximum absolute atomic E-state index is 12.5. The number of Topliss-reactive ketones (excluding diaryl/α,β-unsaturated/α-hetero) is 1. The van der Waals surface area contributed by atoms with Crippen LogP contribution < -0.4 is 10.4 Å². The van der Waals surface area contributed by atoms with Crippen LogP contribution in [-0.2, 0) is 18.7 Å². The SMILES string of the molecule is CCC(=O)[C@H](C)[C@H](OC(=O)OC)[C@H](C)CO[Si](c1ccccc1)(c1ccccc1)C(C)(C)C. The fraction of sp³-hybridized carbons (Fsp3) is 0.481. The molecule has 0 saturated heterocycles. The van der Waals surface area contributed by atoms with Crippen molar-refractivity contribution in [3.8, 4) is 0 Å². The highest BCUT2D eigenvalue weighted by Crippen LogP contribution is 2.37. The van der Waals surface area contributed by atoms with E-state index in [1.807, 2.05) is 50.2 Å². The van der Waals surface area contributed by atoms with Gasteiger partial charge in [-0.2, -0.15) is 0 Å². The number of rotatable bonds is 10. The van der Waals surface area contributed by atoms with Crippen molar-refractivity contribution in [3.05, 3.63) is 60.7 Å². The van der Waals surface area contributed by atoms with Crippen molar-refractivity contribution in [3.63, 3.8) is 0 Å². The monoisotopic (exact) mass is 470 g/mol. The van der Waals surface area contributed by atoms with Crippen molar-refractivity contribution in [2.45, 2.75) is 59.1 Å². The summed E-state index contributed by atoms with van der Waals surface area (Å²) in [4.78, 5) is 24.4. The second kappa shape index (κ2) is 11.6. The van der Waals surface area contributed by atoms with Crippen molar-refractivity contribution in [1.29, 1.82) is 0 Å². The van der Waals surface area contributed by atoms with Crippen LogP contribution in [0.4, 0.5) is 4.79 Å². The van der Waals surface area contributed by atoms with Gasteiger partial charge in [0.2, 0.25) is 0 Å². The standard InChI is InChI=1S/C27H38O5Si/c1-8-24(28)21(3)25(32-26(29)30-7)20(2)19-31-33(27(4,5)6,22-15-11-9-12-16-22)23-17-13-10-14-18-23/h9-18,20-21,25H,8,19H2,1-7H3/t20-,21+,25-/m1/s1. The van der Waals surface area contributed by atoms with Crippen molar-refractivity contribution < 1.29 is 23.5 Å². The van der Waals surface area contributed by atoms with Gasteiger partial charge in [0.15, 0.2) is 0 Å². The number of benzene rings is 2. The first-order valence-corrected chi connectivity index (χ1v) is 13.5. The number of methoxy groups -OCH3 is 1. The molecule has 0 saturated carbocycles. The minimum atomic E-state index is -2.73. The number of hydrogen-bond donors (Lipinski definition) is 0. The van der Waals surface area contributed by atoms with Gasteiger partial charge in [0.1, 0.15) is 11.9 Å². The quantitative estimate of drug-likeness (QED) is 0.363. The van der Waals surface area contributed by atoms with E-state index in [0.717, 1.165) is 0 Å². The van der Waals surface area contributed by atoms with Gasteiger partial charge in [-0.05, 0) is 15.4 Å². The highest BCUT2D eigenvalue weighted by atomic mass is 28.4. The zero-order valence-corrected chi connectivity index (χ0v) is 22.0. The highest BCUT2D eigenvalue weighted by Gasteiger charge is 2.50. The second-order valence-electron chi connectivity index (χ2n) is 9.60. The van der Waals surface area contributed by atoms with E-state index in [1.54, 1.807) is 6.92 Å². The number of carbonyl (C=O) groups excluding carboxylic acids is 2. The summed E-state index contributed by atoms with van der Waals surface area (Å²) >= 11 is 0. The largest absolute Gasteiger partial charge is 0.508 e. The van der Waals surface area contributed by atoms with Crippen LogP contribution in [0.25, 0.3) is 0 Å². The van der Waals surface area contributed by atoms with Crippen LogP contribution in [0.1, 0.15) is 48.0 Å². The molecule has 0 aliphatic heterocycles. The van der Waals surface area contributed by atoms with E-state index in [0.29, 0.717) is 13.0 Å². The molecule has 0 unspecified atom stereocenters. The molecule has 0 aliphatic rings. The smallest absolute Gasteiger partial charge is 0.438 e. The van der Waals surface area contributed by atoms with Crippen LogP contribution in [0.5, 0.6) is 0 Å². The van der Waals surface area contributed by atoms with E-state index in [4.69, 9.17) is 13.9 Å². The zero-order chi connectivity index (χ0) is 24.6. The fourth-order valence-corrected chi connectivity index (χ4v) is 9.16. The minimum Gasteiger partial charge on any atom is -0.438 e. The molecule has 0 aromatic heterocycles. The molecule has 2 aromatic carbocycles. The molecule has 0 heterocycles. The van der Waals surface area contributed by atoms with Crippen LogP contribution in [-0.4, -0.2) is 40.1 Å². The maximum atomic E-state index is 12.5. The third-order valence-electron chi connectivity index (χ3n) is 6.29. The third-order valence-corrected chi connectivity index (χ3v) is 11.3. The van der Waals surface area contributed by atoms with Crippen LogP contribution in [0, 0.1) is 11.8 Å². The molecule has 33 heavy (non-hydrogen) atoms. The lowest BCUT2D eigenvalue weighted by atomic mass is 9.89. The van der Waals surface area contributed by atoms with E-state index < -0.39 is 26.5 Å². The van der Waals surface area contributed by atoms with E-state index in [-0.39, 0.29) is 16.7 Å². The molecule has 0 spiro atoms. The molecule has 3 atom stereocenters. The Morgan fingerprint density at radius 3 is 1.79 bits per heavy atom. The zero-order valence-electron chi connectivity index (χ0n) is 21.0. The molecule has 0 N–H and O–H groups in total. The number of ether oxygens (including phenoxy) is 2. The summed E-state index contributed by atoms with van der Waals surface area (Å²) in [7, 11) is -1.46. The number of carbonyl (C=O) groups is 2.